The second-order valence-electron chi connectivity index (χ2n) is 4.46. The third kappa shape index (κ3) is 4.33. The van der Waals surface area contributed by atoms with Crippen molar-refractivity contribution in [3.05, 3.63) is 18.2 Å². The van der Waals surface area contributed by atoms with Gasteiger partial charge in [0.05, 0.1) is 26.6 Å². The monoisotopic (exact) mass is 326 g/mol. The smallest absolute Gasteiger partial charge is 0.327 e. The van der Waals surface area contributed by atoms with E-state index in [0.717, 1.165) is 4.90 Å². The maximum atomic E-state index is 12.4. The first kappa shape index (κ1) is 18.2. The number of carboxylic acid groups (broad SMARTS) is 2. The van der Waals surface area contributed by atoms with Crippen LogP contribution in [0.25, 0.3) is 0 Å². The molecule has 9 nitrogen and oxygen atoms in total. The number of methoxy groups -OCH3 is 2. The van der Waals surface area contributed by atoms with Crippen molar-refractivity contribution >= 4 is 23.5 Å². The highest BCUT2D eigenvalue weighted by Gasteiger charge is 2.37. The first-order valence-corrected chi connectivity index (χ1v) is 6.50. The number of amides is 1. The van der Waals surface area contributed by atoms with Crippen LogP contribution in [0.3, 0.4) is 0 Å². The van der Waals surface area contributed by atoms with Crippen molar-refractivity contribution < 1.29 is 34.1 Å². The van der Waals surface area contributed by atoms with E-state index < -0.39 is 23.8 Å². The molecule has 3 N–H and O–H groups in total. The van der Waals surface area contributed by atoms with Crippen LogP contribution in [0.5, 0.6) is 11.5 Å². The number of nitrogens with one attached hydrogen (secondary N) is 1. The van der Waals surface area contributed by atoms with Gasteiger partial charge in [-0.15, -0.1) is 0 Å². The van der Waals surface area contributed by atoms with Crippen LogP contribution < -0.4 is 19.7 Å². The highest BCUT2D eigenvalue weighted by Crippen LogP contribution is 2.29. The predicted octanol–water partition coefficient (Wildman–Crippen LogP) is -0.000900. The minimum Gasteiger partial charge on any atom is -0.497 e. The largest absolute Gasteiger partial charge is 0.497 e. The molecule has 0 heterocycles. The number of nitrogens with zero attached hydrogens (tertiary/aromatic N) is 1. The lowest BCUT2D eigenvalue weighted by atomic mass is 10.1. The summed E-state index contributed by atoms with van der Waals surface area (Å²) in [6, 6.07) is 4.51. The molecule has 0 aliphatic rings. The van der Waals surface area contributed by atoms with E-state index in [1.807, 2.05) is 0 Å². The molecule has 0 saturated heterocycles. The Morgan fingerprint density at radius 2 is 1.57 bits per heavy atom. The van der Waals surface area contributed by atoms with E-state index in [-0.39, 0.29) is 12.4 Å². The van der Waals surface area contributed by atoms with Crippen LogP contribution in [0.15, 0.2) is 18.2 Å². The number of ether oxygens (including phenoxy) is 2. The van der Waals surface area contributed by atoms with E-state index in [2.05, 4.69) is 5.32 Å². The van der Waals surface area contributed by atoms with E-state index in [9.17, 15) is 14.4 Å². The summed E-state index contributed by atoms with van der Waals surface area (Å²) in [5, 5.41) is 20.7. The molecule has 0 spiro atoms. The van der Waals surface area contributed by atoms with Crippen molar-refractivity contribution in [3.63, 3.8) is 0 Å². The highest BCUT2D eigenvalue weighted by molar-refractivity contribution is 6.18. The zero-order chi connectivity index (χ0) is 17.6. The van der Waals surface area contributed by atoms with Crippen LogP contribution in [0.1, 0.15) is 0 Å². The van der Waals surface area contributed by atoms with E-state index in [1.54, 1.807) is 6.07 Å². The van der Waals surface area contributed by atoms with Crippen molar-refractivity contribution in [2.24, 2.45) is 5.92 Å². The van der Waals surface area contributed by atoms with Gasteiger partial charge in [0.2, 0.25) is 5.92 Å². The Kier molecular flexibility index (Phi) is 6.34. The van der Waals surface area contributed by atoms with Gasteiger partial charge in [-0.2, -0.15) is 0 Å². The molecule has 1 aromatic rings. The van der Waals surface area contributed by atoms with Crippen LogP contribution in [0.2, 0.25) is 0 Å². The first-order chi connectivity index (χ1) is 10.8. The third-order valence-electron chi connectivity index (χ3n) is 2.97. The highest BCUT2D eigenvalue weighted by atomic mass is 16.5. The van der Waals surface area contributed by atoms with E-state index in [1.165, 1.54) is 33.4 Å². The molecule has 0 aliphatic heterocycles. The third-order valence-corrected chi connectivity index (χ3v) is 2.97. The number of hydrogen-bond acceptors (Lipinski definition) is 6. The fourth-order valence-corrected chi connectivity index (χ4v) is 1.88. The Morgan fingerprint density at radius 1 is 1.09 bits per heavy atom. The van der Waals surface area contributed by atoms with Crippen LogP contribution >= 0.6 is 0 Å². The summed E-state index contributed by atoms with van der Waals surface area (Å²) in [6.45, 7) is -0.0911. The Hall–Kier alpha value is -2.81. The number of carboxylic acids is 2. The molecule has 23 heavy (non-hydrogen) atoms. The van der Waals surface area contributed by atoms with Gasteiger partial charge in [0.1, 0.15) is 11.5 Å². The molecule has 1 amide bonds. The maximum absolute atomic E-state index is 12.4. The standard InChI is InChI=1S/C14H18N2O7/c1-15-7-16(12(17)11(13(18)19)14(20)21)8-4-9(22-2)6-10(5-8)23-3/h4-6,11,15H,7H2,1-3H3,(H,18,19)(H,20,21). The lowest BCUT2D eigenvalue weighted by Crippen LogP contribution is -2.46. The van der Waals surface area contributed by atoms with Crippen molar-refractivity contribution in [1.29, 1.82) is 0 Å². The fraction of sp³-hybridized carbons (Fsp3) is 0.357. The zero-order valence-corrected chi connectivity index (χ0v) is 12.9. The summed E-state index contributed by atoms with van der Waals surface area (Å²) in [6.07, 6.45) is 0. The average Bonchev–Trinajstić information content (AvgIpc) is 2.51. The molecule has 0 bridgehead atoms. The minimum absolute atomic E-state index is 0.0911. The number of benzene rings is 1. The molecule has 0 saturated carbocycles. The molecule has 0 atom stereocenters. The van der Waals surface area contributed by atoms with Gasteiger partial charge in [0.25, 0.3) is 5.91 Å². The molecule has 1 aromatic carbocycles. The minimum atomic E-state index is -2.21. The van der Waals surface area contributed by atoms with Gasteiger partial charge >= 0.3 is 11.9 Å². The lowest BCUT2D eigenvalue weighted by Gasteiger charge is -2.25. The maximum Gasteiger partial charge on any atom is 0.327 e. The van der Waals surface area contributed by atoms with E-state index in [4.69, 9.17) is 19.7 Å². The van der Waals surface area contributed by atoms with Crippen molar-refractivity contribution in [1.82, 2.24) is 5.32 Å². The van der Waals surface area contributed by atoms with Gasteiger partial charge in [-0.3, -0.25) is 19.3 Å². The van der Waals surface area contributed by atoms with Crippen molar-refractivity contribution in [2.75, 3.05) is 32.8 Å². The summed E-state index contributed by atoms with van der Waals surface area (Å²) < 4.78 is 10.2. The van der Waals surface area contributed by atoms with E-state index in [0.29, 0.717) is 11.5 Å². The number of carbonyl (C=O) groups is 3. The van der Waals surface area contributed by atoms with Crippen LogP contribution in [0, 0.1) is 5.92 Å². The van der Waals surface area contributed by atoms with E-state index >= 15 is 0 Å². The molecule has 1 rings (SSSR count). The topological polar surface area (TPSA) is 125 Å². The summed E-state index contributed by atoms with van der Waals surface area (Å²) in [4.78, 5) is 35.5. The Labute approximate surface area is 132 Å². The molecule has 0 aromatic heterocycles. The van der Waals surface area contributed by atoms with Gasteiger partial charge in [0.15, 0.2) is 0 Å². The number of hydrogen-bond donors (Lipinski definition) is 3. The summed E-state index contributed by atoms with van der Waals surface area (Å²) >= 11 is 0. The molecule has 0 radical (unpaired) electrons. The Morgan fingerprint density at radius 3 is 1.91 bits per heavy atom. The molecule has 0 unspecified atom stereocenters. The van der Waals surface area contributed by atoms with Crippen molar-refractivity contribution in [2.45, 2.75) is 0 Å². The normalized spacial score (nSPS) is 10.3. The molecule has 0 fully saturated rings. The molecule has 0 aliphatic carbocycles. The molecular formula is C14H18N2O7. The number of aliphatic carboxylic acids is 2. The quantitative estimate of drug-likeness (QED) is 0.450. The number of rotatable bonds is 8. The second-order valence-corrected chi connectivity index (χ2v) is 4.46. The van der Waals surface area contributed by atoms with Crippen LogP contribution in [-0.2, 0) is 14.4 Å². The first-order valence-electron chi connectivity index (χ1n) is 6.50. The van der Waals surface area contributed by atoms with Crippen LogP contribution in [-0.4, -0.2) is 56.0 Å². The summed E-state index contributed by atoms with van der Waals surface area (Å²) in [5.74, 6) is -6.03. The van der Waals surface area contributed by atoms with Gasteiger partial charge < -0.3 is 25.0 Å². The molecular weight excluding hydrogens is 308 g/mol. The average molecular weight is 326 g/mol. The number of anilines is 1. The summed E-state index contributed by atoms with van der Waals surface area (Å²) in [5.41, 5.74) is 0.244. The number of carbonyl (C=O) groups excluding carboxylic acids is 1. The Bertz CT molecular complexity index is 567. The second kappa shape index (κ2) is 7.99. The molecule has 126 valence electrons. The zero-order valence-electron chi connectivity index (χ0n) is 12.9. The Balaban J connectivity index is 3.32. The SMILES string of the molecule is CNCN(C(=O)C(C(=O)O)C(=O)O)c1cc(OC)cc(OC)c1. The fourth-order valence-electron chi connectivity index (χ4n) is 1.88. The van der Waals surface area contributed by atoms with Gasteiger partial charge in [0, 0.05) is 18.2 Å². The predicted molar refractivity (Wildman–Crippen MR) is 79.7 cm³/mol. The van der Waals surface area contributed by atoms with Gasteiger partial charge in [-0.1, -0.05) is 0 Å². The molecule has 9 heteroatoms. The van der Waals surface area contributed by atoms with Gasteiger partial charge in [-0.25, -0.2) is 0 Å². The lowest BCUT2D eigenvalue weighted by molar-refractivity contribution is -0.157. The van der Waals surface area contributed by atoms with Gasteiger partial charge in [-0.05, 0) is 7.05 Å². The summed E-state index contributed by atoms with van der Waals surface area (Å²) in [7, 11) is 4.37. The van der Waals surface area contributed by atoms with Crippen molar-refractivity contribution in [3.8, 4) is 11.5 Å². The van der Waals surface area contributed by atoms with Crippen LogP contribution in [0.4, 0.5) is 5.69 Å².